The molecule has 0 aromatic carbocycles. The van der Waals surface area contributed by atoms with E-state index in [1.54, 1.807) is 6.26 Å². The lowest BCUT2D eigenvalue weighted by atomic mass is 10.2. The average molecular weight is 276 g/mol. The second-order valence-electron chi connectivity index (χ2n) is 5.45. The number of nitrogens with one attached hydrogen (secondary N) is 1. The molecule has 108 valence electrons. The van der Waals surface area contributed by atoms with Gasteiger partial charge in [-0.1, -0.05) is 5.16 Å². The predicted molar refractivity (Wildman–Crippen MR) is 73.1 cm³/mol. The largest absolute Gasteiger partial charge is 0.468 e. The Morgan fingerprint density at radius 1 is 1.45 bits per heavy atom. The Hall–Kier alpha value is -1.66. The number of likely N-dealkylation sites (N-methyl/N-ethyl adjacent to an activating group) is 1. The first-order chi connectivity index (χ1) is 9.74. The maximum atomic E-state index is 5.47. The Labute approximate surface area is 118 Å². The van der Waals surface area contributed by atoms with Crippen molar-refractivity contribution in [3.63, 3.8) is 0 Å². The number of hydrogen-bond donors (Lipinski definition) is 1. The summed E-state index contributed by atoms with van der Waals surface area (Å²) in [5.41, 5.74) is 0. The maximum absolute atomic E-state index is 5.47. The maximum Gasteiger partial charge on any atom is 0.240 e. The van der Waals surface area contributed by atoms with Gasteiger partial charge in [0.1, 0.15) is 5.76 Å². The van der Waals surface area contributed by atoms with Crippen LogP contribution < -0.4 is 5.32 Å². The van der Waals surface area contributed by atoms with E-state index in [1.807, 2.05) is 26.2 Å². The second-order valence-corrected chi connectivity index (χ2v) is 5.45. The molecule has 6 heteroatoms. The minimum atomic E-state index is 0.191. The molecule has 1 saturated carbocycles. The standard InChI is InChI=1S/C14H20N4O2/c1-18(2)11(12-4-3-7-19-12)8-15-9-13-16-14(17-20-13)10-5-6-10/h3-4,7,10-11,15H,5-6,8-9H2,1-2H3/t11-/m0/s1. The molecule has 6 nitrogen and oxygen atoms in total. The highest BCUT2D eigenvalue weighted by Crippen LogP contribution is 2.38. The molecule has 1 aliphatic carbocycles. The third-order valence-corrected chi connectivity index (χ3v) is 3.54. The third kappa shape index (κ3) is 3.08. The highest BCUT2D eigenvalue weighted by Gasteiger charge is 2.28. The fraction of sp³-hybridized carbons (Fsp3) is 0.571. The number of rotatable bonds is 7. The Kier molecular flexibility index (Phi) is 3.84. The summed E-state index contributed by atoms with van der Waals surface area (Å²) in [5, 5.41) is 7.35. The summed E-state index contributed by atoms with van der Waals surface area (Å²) in [7, 11) is 4.07. The highest BCUT2D eigenvalue weighted by atomic mass is 16.5. The van der Waals surface area contributed by atoms with Crippen molar-refractivity contribution < 1.29 is 8.94 Å². The van der Waals surface area contributed by atoms with Crippen LogP contribution in [0.3, 0.4) is 0 Å². The summed E-state index contributed by atoms with van der Waals surface area (Å²) in [6.45, 7) is 1.35. The molecule has 2 heterocycles. The molecule has 0 bridgehead atoms. The average Bonchev–Trinajstić information content (AvgIpc) is 2.95. The van der Waals surface area contributed by atoms with Crippen LogP contribution in [0.2, 0.25) is 0 Å². The van der Waals surface area contributed by atoms with Crippen molar-refractivity contribution in [1.29, 1.82) is 0 Å². The van der Waals surface area contributed by atoms with Gasteiger partial charge in [-0.2, -0.15) is 4.98 Å². The van der Waals surface area contributed by atoms with E-state index in [2.05, 4.69) is 20.4 Å². The van der Waals surface area contributed by atoms with Crippen molar-refractivity contribution in [2.75, 3.05) is 20.6 Å². The molecule has 20 heavy (non-hydrogen) atoms. The van der Waals surface area contributed by atoms with Crippen molar-refractivity contribution in [3.8, 4) is 0 Å². The zero-order chi connectivity index (χ0) is 13.9. The highest BCUT2D eigenvalue weighted by molar-refractivity contribution is 5.05. The van der Waals surface area contributed by atoms with Crippen LogP contribution in [0.15, 0.2) is 27.3 Å². The Balaban J connectivity index is 1.52. The molecule has 3 rings (SSSR count). The molecule has 2 aromatic heterocycles. The van der Waals surface area contributed by atoms with Crippen LogP contribution in [-0.2, 0) is 6.54 Å². The molecule has 0 radical (unpaired) electrons. The lowest BCUT2D eigenvalue weighted by Crippen LogP contribution is -2.30. The van der Waals surface area contributed by atoms with Gasteiger partial charge in [0.25, 0.3) is 0 Å². The minimum Gasteiger partial charge on any atom is -0.468 e. The molecule has 0 spiro atoms. The van der Waals surface area contributed by atoms with Gasteiger partial charge in [-0.25, -0.2) is 0 Å². The van der Waals surface area contributed by atoms with E-state index in [-0.39, 0.29) is 6.04 Å². The smallest absolute Gasteiger partial charge is 0.240 e. The van der Waals surface area contributed by atoms with Crippen molar-refractivity contribution in [1.82, 2.24) is 20.4 Å². The number of aromatic nitrogens is 2. The molecular formula is C14H20N4O2. The Morgan fingerprint density at radius 3 is 2.95 bits per heavy atom. The summed E-state index contributed by atoms with van der Waals surface area (Å²) in [4.78, 5) is 6.52. The quantitative estimate of drug-likeness (QED) is 0.833. The topological polar surface area (TPSA) is 67.3 Å². The van der Waals surface area contributed by atoms with Crippen LogP contribution in [0.4, 0.5) is 0 Å². The second kappa shape index (κ2) is 5.76. The van der Waals surface area contributed by atoms with Crippen molar-refractivity contribution in [3.05, 3.63) is 35.9 Å². The molecule has 1 N–H and O–H groups in total. The molecule has 1 aliphatic rings. The molecule has 1 atom stereocenters. The lowest BCUT2D eigenvalue weighted by Gasteiger charge is -2.22. The number of nitrogens with zero attached hydrogens (tertiary/aromatic N) is 3. The van der Waals surface area contributed by atoms with Crippen LogP contribution >= 0.6 is 0 Å². The van der Waals surface area contributed by atoms with Crippen LogP contribution in [-0.4, -0.2) is 35.7 Å². The lowest BCUT2D eigenvalue weighted by molar-refractivity contribution is 0.246. The van der Waals surface area contributed by atoms with Crippen LogP contribution in [0.5, 0.6) is 0 Å². The zero-order valence-electron chi connectivity index (χ0n) is 11.9. The van der Waals surface area contributed by atoms with Gasteiger partial charge in [0, 0.05) is 12.5 Å². The van der Waals surface area contributed by atoms with Crippen molar-refractivity contribution in [2.24, 2.45) is 0 Å². The summed E-state index contributed by atoms with van der Waals surface area (Å²) >= 11 is 0. The van der Waals surface area contributed by atoms with E-state index >= 15 is 0 Å². The Morgan fingerprint density at radius 2 is 2.30 bits per heavy atom. The van der Waals surface area contributed by atoms with Gasteiger partial charge < -0.3 is 14.3 Å². The van der Waals surface area contributed by atoms with Crippen molar-refractivity contribution >= 4 is 0 Å². The van der Waals surface area contributed by atoms with Gasteiger partial charge in [-0.05, 0) is 39.1 Å². The number of furan rings is 1. The van der Waals surface area contributed by atoms with E-state index in [0.29, 0.717) is 18.4 Å². The van der Waals surface area contributed by atoms with Crippen LogP contribution in [0.1, 0.15) is 42.3 Å². The van der Waals surface area contributed by atoms with Gasteiger partial charge in [0.15, 0.2) is 5.82 Å². The molecule has 0 aliphatic heterocycles. The molecule has 0 saturated heterocycles. The van der Waals surface area contributed by atoms with E-state index in [9.17, 15) is 0 Å². The molecular weight excluding hydrogens is 256 g/mol. The number of hydrogen-bond acceptors (Lipinski definition) is 6. The minimum absolute atomic E-state index is 0.191. The van der Waals surface area contributed by atoms with Crippen molar-refractivity contribution in [2.45, 2.75) is 31.3 Å². The van der Waals surface area contributed by atoms with Gasteiger partial charge in [-0.3, -0.25) is 4.90 Å². The van der Waals surface area contributed by atoms with E-state index in [4.69, 9.17) is 8.94 Å². The molecule has 0 amide bonds. The Bertz CT molecular complexity index is 531. The predicted octanol–water partition coefficient (Wildman–Crippen LogP) is 1.93. The van der Waals surface area contributed by atoms with Gasteiger partial charge >= 0.3 is 0 Å². The summed E-state index contributed by atoms with van der Waals surface area (Å²) < 4.78 is 10.7. The third-order valence-electron chi connectivity index (χ3n) is 3.54. The van der Waals surface area contributed by atoms with E-state index in [0.717, 1.165) is 18.1 Å². The SMILES string of the molecule is CN(C)[C@@H](CNCc1nc(C2CC2)no1)c1ccco1. The summed E-state index contributed by atoms with van der Waals surface area (Å²) in [6.07, 6.45) is 4.08. The monoisotopic (exact) mass is 276 g/mol. The first-order valence-electron chi connectivity index (χ1n) is 6.97. The fourth-order valence-electron chi connectivity index (χ4n) is 2.18. The van der Waals surface area contributed by atoms with Crippen LogP contribution in [0.25, 0.3) is 0 Å². The molecule has 0 unspecified atom stereocenters. The van der Waals surface area contributed by atoms with Gasteiger partial charge in [0.05, 0.1) is 18.8 Å². The normalized spacial score (nSPS) is 16.8. The first kappa shape index (κ1) is 13.3. The first-order valence-corrected chi connectivity index (χ1v) is 6.97. The zero-order valence-corrected chi connectivity index (χ0v) is 11.9. The molecule has 2 aromatic rings. The van der Waals surface area contributed by atoms with Gasteiger partial charge in [-0.15, -0.1) is 0 Å². The van der Waals surface area contributed by atoms with Crippen LogP contribution in [0, 0.1) is 0 Å². The van der Waals surface area contributed by atoms with E-state index in [1.165, 1.54) is 12.8 Å². The van der Waals surface area contributed by atoms with E-state index < -0.39 is 0 Å². The fourth-order valence-corrected chi connectivity index (χ4v) is 2.18. The van der Waals surface area contributed by atoms with Gasteiger partial charge in [0.2, 0.25) is 5.89 Å². The summed E-state index contributed by atoms with van der Waals surface area (Å²) in [5.74, 6) is 3.00. The summed E-state index contributed by atoms with van der Waals surface area (Å²) in [6, 6.07) is 4.09. The molecule has 1 fully saturated rings.